The molecule has 17 heavy (non-hydrogen) atoms. The SMILES string of the molecule is O=NCc1ccc(OCc2ccccc2)cc1. The van der Waals surface area contributed by atoms with Crippen LogP contribution in [0.4, 0.5) is 0 Å². The number of benzene rings is 2. The van der Waals surface area contributed by atoms with Crippen LogP contribution in [0.1, 0.15) is 11.1 Å². The summed E-state index contributed by atoms with van der Waals surface area (Å²) < 4.78 is 5.62. The van der Waals surface area contributed by atoms with Crippen molar-refractivity contribution in [2.75, 3.05) is 0 Å². The zero-order valence-electron chi connectivity index (χ0n) is 9.37. The zero-order chi connectivity index (χ0) is 11.9. The molecule has 0 aliphatic heterocycles. The Balaban J connectivity index is 1.93. The van der Waals surface area contributed by atoms with E-state index in [0.717, 1.165) is 16.9 Å². The molecule has 0 bridgehead atoms. The predicted octanol–water partition coefficient (Wildman–Crippen LogP) is 3.53. The Hall–Kier alpha value is -2.16. The molecule has 0 saturated heterocycles. The van der Waals surface area contributed by atoms with Crippen LogP contribution in [0.25, 0.3) is 0 Å². The summed E-state index contributed by atoms with van der Waals surface area (Å²) in [5.41, 5.74) is 2.03. The molecule has 2 rings (SSSR count). The average molecular weight is 227 g/mol. The molecule has 0 aliphatic carbocycles. The standard InChI is InChI=1S/C14H13NO2/c16-15-10-12-6-8-14(9-7-12)17-11-13-4-2-1-3-5-13/h1-9H,10-11H2. The molecule has 3 heteroatoms. The molecule has 0 spiro atoms. The summed E-state index contributed by atoms with van der Waals surface area (Å²) in [6.45, 7) is 0.755. The lowest BCUT2D eigenvalue weighted by atomic mass is 10.2. The third-order valence-corrected chi connectivity index (χ3v) is 2.42. The second-order valence-electron chi connectivity index (χ2n) is 3.71. The molecule has 0 aliphatic rings. The maximum Gasteiger partial charge on any atom is 0.119 e. The maximum atomic E-state index is 10.1. The molecule has 0 aromatic heterocycles. The van der Waals surface area contributed by atoms with Crippen LogP contribution >= 0.6 is 0 Å². The Bertz CT molecular complexity index is 465. The summed E-state index contributed by atoms with van der Waals surface area (Å²) in [5.74, 6) is 0.795. The van der Waals surface area contributed by atoms with Crippen molar-refractivity contribution >= 4 is 0 Å². The van der Waals surface area contributed by atoms with E-state index < -0.39 is 0 Å². The first-order valence-corrected chi connectivity index (χ1v) is 5.43. The molecule has 0 atom stereocenters. The van der Waals surface area contributed by atoms with Gasteiger partial charge in [0.2, 0.25) is 0 Å². The second kappa shape index (κ2) is 5.80. The van der Waals surface area contributed by atoms with E-state index in [1.807, 2.05) is 54.6 Å². The fraction of sp³-hybridized carbons (Fsp3) is 0.143. The van der Waals surface area contributed by atoms with Gasteiger partial charge in [0.05, 0.1) is 0 Å². The van der Waals surface area contributed by atoms with Gasteiger partial charge in [-0.3, -0.25) is 0 Å². The molecule has 2 aromatic rings. The van der Waals surface area contributed by atoms with Crippen LogP contribution in [0.5, 0.6) is 5.75 Å². The van der Waals surface area contributed by atoms with E-state index in [1.54, 1.807) is 0 Å². The predicted molar refractivity (Wildman–Crippen MR) is 66.7 cm³/mol. The lowest BCUT2D eigenvalue weighted by Crippen LogP contribution is -1.94. The van der Waals surface area contributed by atoms with E-state index in [0.29, 0.717) is 6.61 Å². The van der Waals surface area contributed by atoms with Crippen LogP contribution in [-0.2, 0) is 13.2 Å². The van der Waals surface area contributed by atoms with Gasteiger partial charge in [-0.1, -0.05) is 47.6 Å². The van der Waals surface area contributed by atoms with Gasteiger partial charge in [-0.25, -0.2) is 0 Å². The Kier molecular flexibility index (Phi) is 3.86. The molecular weight excluding hydrogens is 214 g/mol. The van der Waals surface area contributed by atoms with Crippen LogP contribution < -0.4 is 4.74 Å². The molecular formula is C14H13NO2. The Morgan fingerprint density at radius 3 is 2.24 bits per heavy atom. The van der Waals surface area contributed by atoms with Crippen LogP contribution in [0.2, 0.25) is 0 Å². The van der Waals surface area contributed by atoms with E-state index in [1.165, 1.54) is 0 Å². The molecule has 0 fully saturated rings. The molecule has 0 unspecified atom stereocenters. The van der Waals surface area contributed by atoms with Crippen LogP contribution in [0.15, 0.2) is 59.8 Å². The quantitative estimate of drug-likeness (QED) is 0.733. The second-order valence-corrected chi connectivity index (χ2v) is 3.71. The molecule has 2 aromatic carbocycles. The summed E-state index contributed by atoms with van der Waals surface area (Å²) in [4.78, 5) is 10.1. The van der Waals surface area contributed by atoms with Gasteiger partial charge in [0.1, 0.15) is 18.9 Å². The van der Waals surface area contributed by atoms with Gasteiger partial charge in [-0.05, 0) is 23.3 Å². The Morgan fingerprint density at radius 2 is 1.59 bits per heavy atom. The summed E-state index contributed by atoms with van der Waals surface area (Å²) in [7, 11) is 0. The van der Waals surface area contributed by atoms with E-state index in [2.05, 4.69) is 5.18 Å². The highest BCUT2D eigenvalue weighted by molar-refractivity contribution is 5.27. The van der Waals surface area contributed by atoms with E-state index >= 15 is 0 Å². The number of nitrogens with zero attached hydrogens (tertiary/aromatic N) is 1. The normalized spacial score (nSPS) is 9.88. The van der Waals surface area contributed by atoms with Crippen molar-refractivity contribution in [3.8, 4) is 5.75 Å². The first kappa shape index (κ1) is 11.3. The van der Waals surface area contributed by atoms with Crippen molar-refractivity contribution in [3.63, 3.8) is 0 Å². The largest absolute Gasteiger partial charge is 0.489 e. The van der Waals surface area contributed by atoms with Crippen LogP contribution in [-0.4, -0.2) is 0 Å². The summed E-state index contributed by atoms with van der Waals surface area (Å²) >= 11 is 0. The molecule has 0 amide bonds. The van der Waals surface area contributed by atoms with Crippen molar-refractivity contribution in [1.82, 2.24) is 0 Å². The van der Waals surface area contributed by atoms with Crippen molar-refractivity contribution in [2.45, 2.75) is 13.2 Å². The van der Waals surface area contributed by atoms with Gasteiger partial charge in [0.15, 0.2) is 0 Å². The van der Waals surface area contributed by atoms with Gasteiger partial charge >= 0.3 is 0 Å². The van der Waals surface area contributed by atoms with Crippen LogP contribution in [0, 0.1) is 4.91 Å². The molecule has 3 nitrogen and oxygen atoms in total. The molecule has 0 heterocycles. The lowest BCUT2D eigenvalue weighted by Gasteiger charge is -2.06. The maximum absolute atomic E-state index is 10.1. The van der Waals surface area contributed by atoms with Crippen LogP contribution in [0.3, 0.4) is 0 Å². The highest BCUT2D eigenvalue weighted by Gasteiger charge is 1.96. The Morgan fingerprint density at radius 1 is 0.882 bits per heavy atom. The molecule has 86 valence electrons. The fourth-order valence-corrected chi connectivity index (χ4v) is 1.51. The number of nitroso groups, excluding NO2 is 1. The third kappa shape index (κ3) is 3.41. The van der Waals surface area contributed by atoms with Crippen molar-refractivity contribution in [1.29, 1.82) is 0 Å². The number of ether oxygens (including phenoxy) is 1. The van der Waals surface area contributed by atoms with Crippen molar-refractivity contribution in [3.05, 3.63) is 70.6 Å². The Labute approximate surface area is 100 Å². The smallest absolute Gasteiger partial charge is 0.119 e. The van der Waals surface area contributed by atoms with Crippen molar-refractivity contribution < 1.29 is 4.74 Å². The number of hydrogen-bond acceptors (Lipinski definition) is 3. The first-order chi connectivity index (χ1) is 8.38. The monoisotopic (exact) mass is 227 g/mol. The van der Waals surface area contributed by atoms with Gasteiger partial charge in [0.25, 0.3) is 0 Å². The molecule has 0 N–H and O–H groups in total. The van der Waals surface area contributed by atoms with E-state index in [-0.39, 0.29) is 6.54 Å². The fourth-order valence-electron chi connectivity index (χ4n) is 1.51. The lowest BCUT2D eigenvalue weighted by molar-refractivity contribution is 0.306. The molecule has 0 saturated carbocycles. The highest BCUT2D eigenvalue weighted by Crippen LogP contribution is 2.14. The number of hydrogen-bond donors (Lipinski definition) is 0. The average Bonchev–Trinajstić information content (AvgIpc) is 2.40. The van der Waals surface area contributed by atoms with Crippen molar-refractivity contribution in [2.24, 2.45) is 5.18 Å². The van der Waals surface area contributed by atoms with E-state index in [9.17, 15) is 4.91 Å². The minimum absolute atomic E-state index is 0.207. The zero-order valence-corrected chi connectivity index (χ0v) is 9.37. The van der Waals surface area contributed by atoms with E-state index in [4.69, 9.17) is 4.74 Å². The topological polar surface area (TPSA) is 38.7 Å². The van der Waals surface area contributed by atoms with Gasteiger partial charge in [0, 0.05) is 0 Å². The van der Waals surface area contributed by atoms with Gasteiger partial charge < -0.3 is 4.74 Å². The summed E-state index contributed by atoms with van der Waals surface area (Å²) in [6.07, 6.45) is 0. The number of rotatable bonds is 5. The van der Waals surface area contributed by atoms with Gasteiger partial charge in [-0.15, -0.1) is 0 Å². The minimum atomic E-state index is 0.207. The minimum Gasteiger partial charge on any atom is -0.489 e. The first-order valence-electron chi connectivity index (χ1n) is 5.43. The summed E-state index contributed by atoms with van der Waals surface area (Å²) in [6, 6.07) is 17.4. The summed E-state index contributed by atoms with van der Waals surface area (Å²) in [5, 5.41) is 2.84. The molecule has 0 radical (unpaired) electrons. The highest BCUT2D eigenvalue weighted by atomic mass is 16.5. The van der Waals surface area contributed by atoms with Gasteiger partial charge in [-0.2, -0.15) is 4.91 Å². The third-order valence-electron chi connectivity index (χ3n) is 2.42.